The molecule has 1 aromatic heterocycles. The fraction of sp³-hybridized carbons (Fsp3) is 0.353. The van der Waals surface area contributed by atoms with Gasteiger partial charge in [0.05, 0.1) is 11.8 Å². The van der Waals surface area contributed by atoms with Crippen LogP contribution in [0.5, 0.6) is 0 Å². The van der Waals surface area contributed by atoms with Gasteiger partial charge in [0, 0.05) is 23.9 Å². The van der Waals surface area contributed by atoms with Crippen molar-refractivity contribution in [3.8, 4) is 0 Å². The van der Waals surface area contributed by atoms with Crippen LogP contribution >= 0.6 is 0 Å². The number of aromatic nitrogens is 1. The summed E-state index contributed by atoms with van der Waals surface area (Å²) in [4.78, 5) is 24.6. The molecule has 0 aliphatic carbocycles. The summed E-state index contributed by atoms with van der Waals surface area (Å²) in [7, 11) is -3.67. The van der Waals surface area contributed by atoms with E-state index in [-0.39, 0.29) is 11.5 Å². The topological polar surface area (TPSA) is 155 Å². The van der Waals surface area contributed by atoms with Crippen LogP contribution in [-0.4, -0.2) is 41.4 Å². The Morgan fingerprint density at radius 3 is 2.54 bits per heavy atom. The van der Waals surface area contributed by atoms with E-state index in [4.69, 9.17) is 15.7 Å². The van der Waals surface area contributed by atoms with Crippen molar-refractivity contribution in [2.24, 2.45) is 5.73 Å². The van der Waals surface area contributed by atoms with E-state index in [1.165, 1.54) is 6.07 Å². The Morgan fingerprint density at radius 2 is 1.96 bits per heavy atom. The largest absolute Gasteiger partial charge is 0.370 e. The first-order valence-electron chi connectivity index (χ1n) is 8.33. The molecule has 5 N–H and O–H groups in total. The lowest BCUT2D eigenvalue weighted by Crippen LogP contribution is -2.36. The summed E-state index contributed by atoms with van der Waals surface area (Å²) >= 11 is 0. The number of hydrogen-bond acceptors (Lipinski definition) is 5. The number of amides is 1. The predicted octanol–water partition coefficient (Wildman–Crippen LogP) is 1.58. The second-order valence-corrected chi connectivity index (χ2v) is 7.92. The van der Waals surface area contributed by atoms with Crippen molar-refractivity contribution in [3.05, 3.63) is 34.8 Å². The Hall–Kier alpha value is -2.79. The first-order valence-corrected chi connectivity index (χ1v) is 10.2. The molecule has 1 aliphatic heterocycles. The fourth-order valence-corrected chi connectivity index (χ4v) is 3.07. The van der Waals surface area contributed by atoms with E-state index < -0.39 is 27.8 Å². The molecule has 3 rings (SSSR count). The number of carbonyl (C=O) groups is 2. The number of Topliss-reactive ketones (excluding diaryl/α,β-unsaturated/α-hetero) is 1. The average Bonchev–Trinajstić information content (AvgIpc) is 2.90. The number of benzene rings is 1. The highest BCUT2D eigenvalue weighted by Crippen LogP contribution is 2.31. The number of rotatable bonds is 1. The number of ketones is 1. The molecule has 2 heterocycles. The molecule has 0 radical (unpaired) electrons. The maximum Gasteiger partial charge on any atom is 0.274 e. The van der Waals surface area contributed by atoms with Crippen LogP contribution in [0.2, 0.25) is 0 Å². The molecule has 1 amide bonds. The molecule has 9 nitrogen and oxygen atoms in total. The Kier molecular flexibility index (Phi) is 6.20. The van der Waals surface area contributed by atoms with Gasteiger partial charge in [-0.05, 0) is 37.5 Å². The maximum absolute atomic E-state index is 14.2. The summed E-state index contributed by atoms with van der Waals surface area (Å²) in [5.74, 6) is -1.57. The zero-order valence-corrected chi connectivity index (χ0v) is 16.2. The van der Waals surface area contributed by atoms with Crippen LogP contribution in [0.1, 0.15) is 45.7 Å². The number of carbonyl (C=O) groups excluding carboxylic acids is 2. The summed E-state index contributed by atoms with van der Waals surface area (Å²) in [6, 6.07) is 2.82. The van der Waals surface area contributed by atoms with Gasteiger partial charge >= 0.3 is 0 Å². The lowest BCUT2D eigenvalue weighted by Gasteiger charge is -2.16. The molecular formula is C17H21FN4O5S. The van der Waals surface area contributed by atoms with Gasteiger partial charge in [0.25, 0.3) is 16.0 Å². The van der Waals surface area contributed by atoms with E-state index in [0.29, 0.717) is 47.7 Å². The van der Waals surface area contributed by atoms with E-state index >= 15 is 0 Å². The summed E-state index contributed by atoms with van der Waals surface area (Å²) in [5, 5.41) is 9.99. The number of guanidine groups is 1. The maximum atomic E-state index is 14.2. The third-order valence-corrected chi connectivity index (χ3v) is 4.20. The zero-order valence-electron chi connectivity index (χ0n) is 15.4. The van der Waals surface area contributed by atoms with Crippen molar-refractivity contribution in [1.29, 1.82) is 5.41 Å². The van der Waals surface area contributed by atoms with Crippen molar-refractivity contribution in [2.45, 2.75) is 32.7 Å². The Bertz CT molecular complexity index is 1070. The molecule has 0 atom stereocenters. The van der Waals surface area contributed by atoms with Crippen molar-refractivity contribution in [3.63, 3.8) is 0 Å². The molecular weight excluding hydrogens is 391 g/mol. The third kappa shape index (κ3) is 4.93. The van der Waals surface area contributed by atoms with Crippen LogP contribution in [0.25, 0.3) is 10.9 Å². The first kappa shape index (κ1) is 21.5. The van der Waals surface area contributed by atoms with Gasteiger partial charge in [-0.15, -0.1) is 0 Å². The van der Waals surface area contributed by atoms with Gasteiger partial charge in [-0.2, -0.15) is 8.42 Å². The summed E-state index contributed by atoms with van der Waals surface area (Å²) in [6.45, 7) is 2.17. The molecule has 0 saturated heterocycles. The number of aryl methyl sites for hydroxylation is 2. The molecule has 1 aromatic carbocycles. The van der Waals surface area contributed by atoms with E-state index in [1.807, 2.05) is 0 Å². The van der Waals surface area contributed by atoms with Gasteiger partial charge in [-0.1, -0.05) is 0 Å². The Labute approximate surface area is 161 Å². The molecule has 1 aliphatic rings. The number of halogens is 1. The van der Waals surface area contributed by atoms with E-state index in [1.54, 1.807) is 17.6 Å². The highest BCUT2D eigenvalue weighted by molar-refractivity contribution is 7.85. The minimum atomic E-state index is -3.67. The van der Waals surface area contributed by atoms with Gasteiger partial charge in [-0.3, -0.25) is 24.9 Å². The first-order chi connectivity index (χ1) is 12.9. The summed E-state index contributed by atoms with van der Waals surface area (Å²) in [5.41, 5.74) is 6.79. The van der Waals surface area contributed by atoms with Gasteiger partial charge in [0.1, 0.15) is 11.5 Å². The highest BCUT2D eigenvalue weighted by Gasteiger charge is 2.25. The van der Waals surface area contributed by atoms with Gasteiger partial charge in [0.15, 0.2) is 11.7 Å². The number of nitrogens with zero attached hydrogens (tertiary/aromatic N) is 1. The summed E-state index contributed by atoms with van der Waals surface area (Å²) < 4.78 is 41.8. The van der Waals surface area contributed by atoms with Crippen LogP contribution in [0.3, 0.4) is 0 Å². The van der Waals surface area contributed by atoms with E-state index in [0.717, 1.165) is 6.42 Å². The molecule has 0 saturated carbocycles. The second kappa shape index (κ2) is 8.07. The minimum absolute atomic E-state index is 0.119. The lowest BCUT2D eigenvalue weighted by molar-refractivity contribution is 0.0957. The highest BCUT2D eigenvalue weighted by atomic mass is 32.2. The molecule has 0 fully saturated rings. The quantitative estimate of drug-likeness (QED) is 0.317. The molecule has 0 unspecified atom stereocenters. The van der Waals surface area contributed by atoms with Crippen molar-refractivity contribution in [1.82, 2.24) is 9.88 Å². The SMILES string of the molecule is CS(=O)(=O)O.Cc1c(F)cc2c3c1cc(C(=O)NC(=N)N)n3CCCCC2=O. The number of nitrogens with two attached hydrogens (primary N) is 1. The Morgan fingerprint density at radius 1 is 1.36 bits per heavy atom. The molecule has 11 heteroatoms. The summed E-state index contributed by atoms with van der Waals surface area (Å²) in [6.07, 6.45) is 2.51. The van der Waals surface area contributed by atoms with Gasteiger partial charge in [0.2, 0.25) is 0 Å². The average molecular weight is 412 g/mol. The standard InChI is InChI=1S/C16H17FN4O2.CH4O3S/c1-8-9-7-12(15(23)20-16(18)19)21-5-3-2-4-13(22)10(14(9)21)6-11(8)17;1-5(2,3)4/h6-7H,2-5H2,1H3,(H4,18,19,20,23);1H3,(H,2,3,4). The van der Waals surface area contributed by atoms with Crippen LogP contribution in [-0.2, 0) is 16.7 Å². The normalized spacial score (nSPS) is 13.9. The van der Waals surface area contributed by atoms with Crippen molar-refractivity contribution in [2.75, 3.05) is 6.26 Å². The van der Waals surface area contributed by atoms with Crippen LogP contribution < -0.4 is 11.1 Å². The lowest BCUT2D eigenvalue weighted by atomic mass is 9.98. The molecule has 2 aromatic rings. The molecule has 28 heavy (non-hydrogen) atoms. The number of hydrogen-bond donors (Lipinski definition) is 4. The second-order valence-electron chi connectivity index (χ2n) is 6.46. The third-order valence-electron chi connectivity index (χ3n) is 4.20. The van der Waals surface area contributed by atoms with Crippen LogP contribution in [0.15, 0.2) is 12.1 Å². The van der Waals surface area contributed by atoms with Crippen LogP contribution in [0, 0.1) is 18.2 Å². The Balaban J connectivity index is 0.000000500. The predicted molar refractivity (Wildman–Crippen MR) is 102 cm³/mol. The number of nitrogens with one attached hydrogen (secondary N) is 2. The van der Waals surface area contributed by atoms with Crippen molar-refractivity contribution < 1.29 is 27.0 Å². The fourth-order valence-electron chi connectivity index (χ4n) is 3.07. The van der Waals surface area contributed by atoms with E-state index in [2.05, 4.69) is 5.32 Å². The zero-order chi connectivity index (χ0) is 21.2. The smallest absolute Gasteiger partial charge is 0.274 e. The molecule has 152 valence electrons. The molecule has 0 bridgehead atoms. The van der Waals surface area contributed by atoms with Gasteiger partial charge < -0.3 is 10.3 Å². The van der Waals surface area contributed by atoms with E-state index in [9.17, 15) is 22.4 Å². The van der Waals surface area contributed by atoms with Crippen LogP contribution in [0.4, 0.5) is 4.39 Å². The minimum Gasteiger partial charge on any atom is -0.370 e. The van der Waals surface area contributed by atoms with Crippen molar-refractivity contribution >= 4 is 38.7 Å². The van der Waals surface area contributed by atoms with Gasteiger partial charge in [-0.25, -0.2) is 4.39 Å². The monoisotopic (exact) mass is 412 g/mol. The molecule has 0 spiro atoms.